The lowest BCUT2D eigenvalue weighted by Crippen LogP contribution is -2.12. The number of aromatic nitrogens is 1. The van der Waals surface area contributed by atoms with Crippen LogP contribution in [0.3, 0.4) is 0 Å². The zero-order chi connectivity index (χ0) is 13.9. The monoisotopic (exact) mass is 265 g/mol. The van der Waals surface area contributed by atoms with E-state index >= 15 is 0 Å². The molecule has 1 heterocycles. The highest BCUT2D eigenvalue weighted by Crippen LogP contribution is 2.21. The number of aromatic amines is 1. The molecule has 0 amide bonds. The highest BCUT2D eigenvalue weighted by molar-refractivity contribution is 6.11. The largest absolute Gasteiger partial charge is 0.369 e. The molecule has 0 spiro atoms. The van der Waals surface area contributed by atoms with Crippen molar-refractivity contribution >= 4 is 5.78 Å². The molecule has 4 heteroatoms. The predicted molar refractivity (Wildman–Crippen MR) is 74.6 cm³/mol. The van der Waals surface area contributed by atoms with E-state index in [0.29, 0.717) is 11.3 Å². The SMILES string of the molecule is O=C(c1ccccc1)c1c(-c2ccccc2)[nH]oc1=O. The van der Waals surface area contributed by atoms with E-state index in [-0.39, 0.29) is 11.3 Å². The van der Waals surface area contributed by atoms with Gasteiger partial charge < -0.3 is 4.52 Å². The molecule has 3 aromatic rings. The van der Waals surface area contributed by atoms with Crippen molar-refractivity contribution in [1.82, 2.24) is 5.16 Å². The Labute approximate surface area is 114 Å². The second-order valence-corrected chi connectivity index (χ2v) is 4.30. The van der Waals surface area contributed by atoms with Crippen LogP contribution in [-0.2, 0) is 0 Å². The average molecular weight is 265 g/mol. The summed E-state index contributed by atoms with van der Waals surface area (Å²) in [5, 5.41) is 2.53. The number of carbonyl (C=O) groups is 1. The summed E-state index contributed by atoms with van der Waals surface area (Å²) in [5.41, 5.74) is 0.971. The van der Waals surface area contributed by atoms with Crippen molar-refractivity contribution in [2.45, 2.75) is 0 Å². The molecule has 1 N–H and O–H groups in total. The molecule has 0 aliphatic rings. The standard InChI is InChI=1S/C16H11NO3/c18-15(12-9-5-2-6-10-12)13-14(17-20-16(13)19)11-7-3-1-4-8-11/h1-10,17H. The van der Waals surface area contributed by atoms with E-state index in [1.807, 2.05) is 36.4 Å². The van der Waals surface area contributed by atoms with Crippen LogP contribution in [0.1, 0.15) is 15.9 Å². The molecule has 0 unspecified atom stereocenters. The van der Waals surface area contributed by atoms with Gasteiger partial charge in [-0.25, -0.2) is 9.95 Å². The highest BCUT2D eigenvalue weighted by atomic mass is 16.5. The summed E-state index contributed by atoms with van der Waals surface area (Å²) >= 11 is 0. The average Bonchev–Trinajstić information content (AvgIpc) is 2.90. The van der Waals surface area contributed by atoms with E-state index in [9.17, 15) is 9.59 Å². The molecule has 0 aliphatic carbocycles. The quantitative estimate of drug-likeness (QED) is 0.740. The third-order valence-electron chi connectivity index (χ3n) is 3.03. The number of ketones is 1. The van der Waals surface area contributed by atoms with Crippen molar-refractivity contribution in [2.75, 3.05) is 0 Å². The second-order valence-electron chi connectivity index (χ2n) is 4.30. The zero-order valence-electron chi connectivity index (χ0n) is 10.5. The molecule has 0 fully saturated rings. The Bertz CT molecular complexity index is 785. The van der Waals surface area contributed by atoms with Gasteiger partial charge in [0, 0.05) is 11.1 Å². The number of rotatable bonds is 3. The molecule has 0 saturated heterocycles. The minimum absolute atomic E-state index is 0.0300. The number of hydrogen-bond acceptors (Lipinski definition) is 3. The molecule has 2 aromatic carbocycles. The zero-order valence-corrected chi connectivity index (χ0v) is 10.5. The fourth-order valence-corrected chi connectivity index (χ4v) is 2.05. The first kappa shape index (κ1) is 12.2. The molecule has 0 aliphatic heterocycles. The fourth-order valence-electron chi connectivity index (χ4n) is 2.05. The summed E-state index contributed by atoms with van der Waals surface area (Å²) in [6.45, 7) is 0. The first-order valence-corrected chi connectivity index (χ1v) is 6.14. The minimum Gasteiger partial charge on any atom is -0.338 e. The molecule has 1 aromatic heterocycles. The van der Waals surface area contributed by atoms with Gasteiger partial charge in [-0.3, -0.25) is 4.79 Å². The Morgan fingerprint density at radius 3 is 2.15 bits per heavy atom. The lowest BCUT2D eigenvalue weighted by Gasteiger charge is -2.01. The third kappa shape index (κ3) is 2.07. The van der Waals surface area contributed by atoms with Gasteiger partial charge in [-0.05, 0) is 0 Å². The fraction of sp³-hybridized carbons (Fsp3) is 0. The van der Waals surface area contributed by atoms with Crippen LogP contribution in [0.15, 0.2) is 70.0 Å². The highest BCUT2D eigenvalue weighted by Gasteiger charge is 2.22. The summed E-state index contributed by atoms with van der Waals surface area (Å²) in [6.07, 6.45) is 0. The second kappa shape index (κ2) is 5.01. The van der Waals surface area contributed by atoms with Crippen LogP contribution in [0.4, 0.5) is 0 Å². The van der Waals surface area contributed by atoms with Crippen LogP contribution >= 0.6 is 0 Å². The van der Waals surface area contributed by atoms with Crippen molar-refractivity contribution in [2.24, 2.45) is 0 Å². The van der Waals surface area contributed by atoms with Gasteiger partial charge in [0.15, 0.2) is 0 Å². The molecule has 0 radical (unpaired) electrons. The smallest absolute Gasteiger partial charge is 0.338 e. The van der Waals surface area contributed by atoms with Crippen molar-refractivity contribution in [1.29, 1.82) is 0 Å². The predicted octanol–water partition coefficient (Wildman–Crippen LogP) is 2.87. The Balaban J connectivity index is 2.14. The van der Waals surface area contributed by atoms with Gasteiger partial charge in [0.2, 0.25) is 5.78 Å². The van der Waals surface area contributed by atoms with Crippen molar-refractivity contribution in [3.05, 3.63) is 82.2 Å². The normalized spacial score (nSPS) is 10.4. The molecule has 3 rings (SSSR count). The molecule has 4 nitrogen and oxygen atoms in total. The summed E-state index contributed by atoms with van der Waals surface area (Å²) in [5.74, 6) is -0.348. The van der Waals surface area contributed by atoms with Crippen molar-refractivity contribution in [3.63, 3.8) is 0 Å². The number of nitrogens with one attached hydrogen (secondary N) is 1. The lowest BCUT2D eigenvalue weighted by molar-refractivity contribution is 0.103. The summed E-state index contributed by atoms with van der Waals surface area (Å²) in [6, 6.07) is 17.8. The lowest BCUT2D eigenvalue weighted by atomic mass is 10.0. The maximum atomic E-state index is 12.4. The van der Waals surface area contributed by atoms with Gasteiger partial charge in [-0.15, -0.1) is 0 Å². The Kier molecular flexibility index (Phi) is 3.05. The van der Waals surface area contributed by atoms with Gasteiger partial charge in [-0.1, -0.05) is 60.7 Å². The molecular formula is C16H11NO3. The summed E-state index contributed by atoms with van der Waals surface area (Å²) in [4.78, 5) is 24.3. The number of benzene rings is 2. The third-order valence-corrected chi connectivity index (χ3v) is 3.03. The van der Waals surface area contributed by atoms with Crippen LogP contribution in [0, 0.1) is 0 Å². The Morgan fingerprint density at radius 1 is 0.900 bits per heavy atom. The van der Waals surface area contributed by atoms with Gasteiger partial charge in [0.1, 0.15) is 5.56 Å². The van der Waals surface area contributed by atoms with E-state index in [1.165, 1.54) is 0 Å². The molecule has 0 bridgehead atoms. The maximum Gasteiger partial charge on any atom is 0.369 e. The number of H-pyrrole nitrogens is 1. The minimum atomic E-state index is -0.655. The van der Waals surface area contributed by atoms with Crippen LogP contribution in [0.25, 0.3) is 11.3 Å². The molecule has 0 saturated carbocycles. The van der Waals surface area contributed by atoms with Gasteiger partial charge in [0.25, 0.3) is 0 Å². The van der Waals surface area contributed by atoms with Crippen molar-refractivity contribution < 1.29 is 9.32 Å². The first-order valence-electron chi connectivity index (χ1n) is 6.14. The summed E-state index contributed by atoms with van der Waals surface area (Å²) < 4.78 is 4.79. The van der Waals surface area contributed by atoms with Crippen LogP contribution in [-0.4, -0.2) is 10.9 Å². The molecule has 98 valence electrons. The Hall–Kier alpha value is -2.88. The van der Waals surface area contributed by atoms with E-state index in [0.717, 1.165) is 5.56 Å². The summed E-state index contributed by atoms with van der Waals surface area (Å²) in [7, 11) is 0. The van der Waals surface area contributed by atoms with Crippen LogP contribution in [0.5, 0.6) is 0 Å². The van der Waals surface area contributed by atoms with E-state index < -0.39 is 5.63 Å². The van der Waals surface area contributed by atoms with E-state index in [1.54, 1.807) is 24.3 Å². The van der Waals surface area contributed by atoms with Gasteiger partial charge >= 0.3 is 5.63 Å². The van der Waals surface area contributed by atoms with Crippen LogP contribution in [0.2, 0.25) is 0 Å². The maximum absolute atomic E-state index is 12.4. The molecular weight excluding hydrogens is 254 g/mol. The van der Waals surface area contributed by atoms with Gasteiger partial charge in [0.05, 0.1) is 5.69 Å². The van der Waals surface area contributed by atoms with E-state index in [2.05, 4.69) is 5.16 Å². The van der Waals surface area contributed by atoms with E-state index in [4.69, 9.17) is 4.52 Å². The van der Waals surface area contributed by atoms with Gasteiger partial charge in [-0.2, -0.15) is 0 Å². The Morgan fingerprint density at radius 2 is 1.50 bits per heavy atom. The molecule has 20 heavy (non-hydrogen) atoms. The number of carbonyl (C=O) groups excluding carboxylic acids is 1. The first-order chi connectivity index (χ1) is 9.77. The van der Waals surface area contributed by atoms with Crippen LogP contribution < -0.4 is 5.63 Å². The van der Waals surface area contributed by atoms with Crippen molar-refractivity contribution in [3.8, 4) is 11.3 Å². The number of hydrogen-bond donors (Lipinski definition) is 1. The molecule has 0 atom stereocenters. The topological polar surface area (TPSA) is 63.1 Å².